The Labute approximate surface area is 179 Å². The molecule has 158 valence electrons. The van der Waals surface area contributed by atoms with Gasteiger partial charge in [-0.15, -0.1) is 0 Å². The monoisotopic (exact) mass is 418 g/mol. The number of hydrogen-bond acceptors (Lipinski definition) is 4. The number of primary amides is 1. The number of rotatable bonds is 6. The van der Waals surface area contributed by atoms with Gasteiger partial charge in [0, 0.05) is 41.5 Å². The quantitative estimate of drug-likeness (QED) is 0.431. The molecule has 2 aromatic heterocycles. The van der Waals surface area contributed by atoms with Crippen LogP contribution in [0, 0.1) is 19.7 Å². The molecule has 7 nitrogen and oxygen atoms in total. The summed E-state index contributed by atoms with van der Waals surface area (Å²) in [6.07, 6.45) is 1.49. The summed E-state index contributed by atoms with van der Waals surface area (Å²) in [6, 6.07) is 13.8. The predicted molar refractivity (Wildman–Crippen MR) is 121 cm³/mol. The normalized spacial score (nSPS) is 10.9. The van der Waals surface area contributed by atoms with E-state index in [4.69, 9.17) is 5.73 Å². The van der Waals surface area contributed by atoms with E-state index in [-0.39, 0.29) is 5.82 Å². The summed E-state index contributed by atoms with van der Waals surface area (Å²) in [5, 5.41) is 6.75. The van der Waals surface area contributed by atoms with Crippen LogP contribution in [-0.2, 0) is 6.54 Å². The molecule has 0 fully saturated rings. The third-order valence-corrected chi connectivity index (χ3v) is 5.19. The lowest BCUT2D eigenvalue weighted by atomic mass is 10.1. The minimum absolute atomic E-state index is 0.215. The topological polar surface area (TPSA) is 97.9 Å². The van der Waals surface area contributed by atoms with Gasteiger partial charge in [0.2, 0.25) is 0 Å². The van der Waals surface area contributed by atoms with E-state index in [1.54, 1.807) is 18.2 Å². The number of nitrogens with two attached hydrogens (primary N) is 1. The molecule has 0 aliphatic heterocycles. The van der Waals surface area contributed by atoms with Gasteiger partial charge in [-0.05, 0) is 43.7 Å². The number of benzene rings is 2. The van der Waals surface area contributed by atoms with Crippen molar-refractivity contribution in [3.8, 4) is 11.3 Å². The first-order valence-corrected chi connectivity index (χ1v) is 9.90. The van der Waals surface area contributed by atoms with Crippen LogP contribution >= 0.6 is 0 Å². The molecule has 0 spiro atoms. The van der Waals surface area contributed by atoms with Crippen LogP contribution in [-0.4, -0.2) is 27.1 Å². The third kappa shape index (κ3) is 4.32. The maximum atomic E-state index is 14.4. The van der Waals surface area contributed by atoms with Crippen LogP contribution in [0.2, 0.25) is 0 Å². The highest BCUT2D eigenvalue weighted by molar-refractivity contribution is 5.88. The van der Waals surface area contributed by atoms with Gasteiger partial charge in [0.1, 0.15) is 18.0 Å². The number of carbonyl (C=O) groups excluding carboxylic acids is 1. The highest BCUT2D eigenvalue weighted by Gasteiger charge is 2.12. The second-order valence-corrected chi connectivity index (χ2v) is 7.35. The minimum Gasteiger partial charge on any atom is -0.368 e. The maximum absolute atomic E-state index is 14.4. The number of aromatic nitrogens is 3. The van der Waals surface area contributed by atoms with E-state index in [0.717, 1.165) is 27.9 Å². The molecule has 0 atom stereocenters. The minimum atomic E-state index is -0.609. The average Bonchev–Trinajstić information content (AvgIpc) is 3.09. The first-order chi connectivity index (χ1) is 14.9. The van der Waals surface area contributed by atoms with Crippen molar-refractivity contribution in [2.45, 2.75) is 20.4 Å². The lowest BCUT2D eigenvalue weighted by molar-refractivity contribution is 0.259. The molecule has 2 aromatic carbocycles. The average molecular weight is 418 g/mol. The zero-order valence-corrected chi connectivity index (χ0v) is 17.3. The van der Waals surface area contributed by atoms with Gasteiger partial charge in [-0.3, -0.25) is 0 Å². The SMILES string of the molecule is Cc1ccc(F)c2c1cc(C)n2CCNc1cc(-c2ccc(NC(N)=O)cc2)ncn1. The number of fused-ring (bicyclic) bond motifs is 1. The molecule has 0 radical (unpaired) electrons. The molecule has 0 bridgehead atoms. The van der Waals surface area contributed by atoms with E-state index in [1.807, 2.05) is 42.7 Å². The van der Waals surface area contributed by atoms with Crippen molar-refractivity contribution in [1.82, 2.24) is 14.5 Å². The Hall–Kier alpha value is -3.94. The summed E-state index contributed by atoms with van der Waals surface area (Å²) < 4.78 is 16.4. The number of anilines is 2. The van der Waals surface area contributed by atoms with Gasteiger partial charge in [0.25, 0.3) is 0 Å². The van der Waals surface area contributed by atoms with Crippen molar-refractivity contribution in [1.29, 1.82) is 0 Å². The Morgan fingerprint density at radius 2 is 1.87 bits per heavy atom. The van der Waals surface area contributed by atoms with Gasteiger partial charge >= 0.3 is 6.03 Å². The number of hydrogen-bond donors (Lipinski definition) is 3. The van der Waals surface area contributed by atoms with Gasteiger partial charge in [0.05, 0.1) is 11.2 Å². The summed E-state index contributed by atoms with van der Waals surface area (Å²) in [6.45, 7) is 5.15. The third-order valence-electron chi connectivity index (χ3n) is 5.19. The van der Waals surface area contributed by atoms with Gasteiger partial charge < -0.3 is 20.9 Å². The van der Waals surface area contributed by atoms with Crippen molar-refractivity contribution >= 4 is 28.4 Å². The molecule has 2 heterocycles. The molecule has 0 saturated heterocycles. The number of nitrogens with zero attached hydrogens (tertiary/aromatic N) is 3. The van der Waals surface area contributed by atoms with E-state index in [1.165, 1.54) is 12.4 Å². The molecule has 0 aliphatic carbocycles. The lowest BCUT2D eigenvalue weighted by Crippen LogP contribution is -2.19. The molecule has 8 heteroatoms. The number of aryl methyl sites for hydroxylation is 2. The molecule has 0 aliphatic rings. The highest BCUT2D eigenvalue weighted by Crippen LogP contribution is 2.26. The van der Waals surface area contributed by atoms with Crippen molar-refractivity contribution in [2.75, 3.05) is 17.2 Å². The number of carbonyl (C=O) groups is 1. The van der Waals surface area contributed by atoms with Crippen molar-refractivity contribution in [3.05, 3.63) is 71.9 Å². The first kappa shape index (κ1) is 20.3. The van der Waals surface area contributed by atoms with Crippen molar-refractivity contribution in [3.63, 3.8) is 0 Å². The van der Waals surface area contributed by atoms with Crippen LogP contribution in [0.3, 0.4) is 0 Å². The Morgan fingerprint density at radius 1 is 1.10 bits per heavy atom. The lowest BCUT2D eigenvalue weighted by Gasteiger charge is -2.11. The molecule has 0 saturated carbocycles. The summed E-state index contributed by atoms with van der Waals surface area (Å²) >= 11 is 0. The molecule has 4 rings (SSSR count). The fraction of sp³-hybridized carbons (Fsp3) is 0.174. The Bertz CT molecular complexity index is 1250. The second-order valence-electron chi connectivity index (χ2n) is 7.35. The van der Waals surface area contributed by atoms with Crippen LogP contribution in [0.4, 0.5) is 20.7 Å². The summed E-state index contributed by atoms with van der Waals surface area (Å²) in [7, 11) is 0. The van der Waals surface area contributed by atoms with Crippen molar-refractivity contribution < 1.29 is 9.18 Å². The van der Waals surface area contributed by atoms with Crippen LogP contribution in [0.5, 0.6) is 0 Å². The zero-order chi connectivity index (χ0) is 22.0. The Morgan fingerprint density at radius 3 is 2.61 bits per heavy atom. The molecule has 31 heavy (non-hydrogen) atoms. The van der Waals surface area contributed by atoms with Crippen LogP contribution in [0.1, 0.15) is 11.3 Å². The van der Waals surface area contributed by atoms with E-state index in [9.17, 15) is 9.18 Å². The van der Waals surface area contributed by atoms with Gasteiger partial charge in [-0.2, -0.15) is 0 Å². The molecular weight excluding hydrogens is 395 g/mol. The Kier molecular flexibility index (Phi) is 5.53. The predicted octanol–water partition coefficient (Wildman–Crippen LogP) is 4.46. The fourth-order valence-electron chi connectivity index (χ4n) is 3.66. The van der Waals surface area contributed by atoms with Crippen LogP contribution < -0.4 is 16.4 Å². The van der Waals surface area contributed by atoms with E-state index in [2.05, 4.69) is 20.6 Å². The van der Waals surface area contributed by atoms with Crippen molar-refractivity contribution in [2.24, 2.45) is 5.73 Å². The van der Waals surface area contributed by atoms with E-state index >= 15 is 0 Å². The standard InChI is InChI=1S/C23H23FN6O/c1-14-3-8-19(24)22-18(14)11-15(2)30(22)10-9-26-21-12-20(27-13-28-21)16-4-6-17(7-5-16)29-23(25)31/h3-8,11-13H,9-10H2,1-2H3,(H3,25,29,31)(H,26,27,28). The van der Waals surface area contributed by atoms with E-state index in [0.29, 0.717) is 30.1 Å². The van der Waals surface area contributed by atoms with Gasteiger partial charge in [0.15, 0.2) is 0 Å². The first-order valence-electron chi connectivity index (χ1n) is 9.90. The molecule has 0 unspecified atom stereocenters. The Balaban J connectivity index is 1.47. The van der Waals surface area contributed by atoms with Gasteiger partial charge in [-0.1, -0.05) is 18.2 Å². The molecule has 4 aromatic rings. The van der Waals surface area contributed by atoms with Crippen LogP contribution in [0.25, 0.3) is 22.2 Å². The second kappa shape index (κ2) is 8.43. The van der Waals surface area contributed by atoms with Gasteiger partial charge in [-0.25, -0.2) is 19.2 Å². The van der Waals surface area contributed by atoms with Crippen LogP contribution in [0.15, 0.2) is 54.9 Å². The molecular formula is C23H23FN6O. The fourth-order valence-corrected chi connectivity index (χ4v) is 3.66. The number of urea groups is 1. The summed E-state index contributed by atoms with van der Waals surface area (Å²) in [4.78, 5) is 19.5. The number of amides is 2. The zero-order valence-electron chi connectivity index (χ0n) is 17.3. The number of halogens is 1. The van der Waals surface area contributed by atoms with E-state index < -0.39 is 6.03 Å². The molecule has 4 N–H and O–H groups in total. The summed E-state index contributed by atoms with van der Waals surface area (Å²) in [5.74, 6) is 0.461. The highest BCUT2D eigenvalue weighted by atomic mass is 19.1. The summed E-state index contributed by atoms with van der Waals surface area (Å²) in [5.41, 5.74) is 10.1. The maximum Gasteiger partial charge on any atom is 0.316 e. The number of nitrogens with one attached hydrogen (secondary N) is 2. The molecule has 2 amide bonds. The smallest absolute Gasteiger partial charge is 0.316 e. The largest absolute Gasteiger partial charge is 0.368 e.